The molecule has 6 aromatic rings. The molecule has 0 atom stereocenters. The van der Waals surface area contributed by atoms with Gasteiger partial charge in [0, 0.05) is 21.5 Å². The summed E-state index contributed by atoms with van der Waals surface area (Å²) in [4.78, 5) is 2.28. The van der Waals surface area contributed by atoms with Crippen LogP contribution in [0.4, 0.5) is 17.1 Å². The molecule has 3 nitrogen and oxygen atoms in total. The Balaban J connectivity index is 1.15. The van der Waals surface area contributed by atoms with Gasteiger partial charge in [0.25, 0.3) is 0 Å². The van der Waals surface area contributed by atoms with Crippen LogP contribution in [-0.2, 0) is 0 Å². The average molecular weight is 943 g/mol. The van der Waals surface area contributed by atoms with Gasteiger partial charge in [-0.3, -0.25) is 0 Å². The van der Waals surface area contributed by atoms with Gasteiger partial charge in [0.15, 0.2) is 0 Å². The molecule has 6 aromatic carbocycles. The summed E-state index contributed by atoms with van der Waals surface area (Å²) in [6.07, 6.45) is 33.9. The lowest BCUT2D eigenvalue weighted by molar-refractivity contribution is 0.304. The van der Waals surface area contributed by atoms with Crippen LogP contribution in [0.2, 0.25) is 0 Å². The number of ether oxygens (including phenoxy) is 2. The third-order valence-electron chi connectivity index (χ3n) is 11.9. The molecule has 0 aliphatic carbocycles. The Morgan fingerprint density at radius 2 is 0.727 bits per heavy atom. The van der Waals surface area contributed by atoms with Crippen molar-refractivity contribution in [3.05, 3.63) is 183 Å². The lowest BCUT2D eigenvalue weighted by Crippen LogP contribution is -2.09. The van der Waals surface area contributed by atoms with Crippen LogP contribution in [-0.4, -0.2) is 13.2 Å². The molecule has 0 aliphatic heterocycles. The average Bonchev–Trinajstić information content (AvgIpc) is 3.35. The molecule has 0 saturated carbocycles. The summed E-state index contributed by atoms with van der Waals surface area (Å²) in [6, 6.07) is 51.4. The van der Waals surface area contributed by atoms with Crippen molar-refractivity contribution < 1.29 is 9.47 Å². The molecule has 0 heterocycles. The SMILES string of the molecule is CCCCCCCCCCOc1cccc(/C=C/c2cc(/C=C/c3ccc(N(c4ccccc4)c4ccc(Br)cc4)cc3)cc(/C=C/c3cccc(OCCCCCCCCCC)c3)c2)c1. The summed E-state index contributed by atoms with van der Waals surface area (Å²) in [6.45, 7) is 6.08. The fraction of sp³-hybridized carbons (Fsp3) is 0.323. The maximum atomic E-state index is 6.19. The third-order valence-corrected chi connectivity index (χ3v) is 12.4. The first-order chi connectivity index (χ1) is 32.6. The first kappa shape index (κ1) is 49.8. The second-order valence-electron chi connectivity index (χ2n) is 17.5. The van der Waals surface area contributed by atoms with E-state index in [4.69, 9.17) is 9.47 Å². The number of para-hydroxylation sites is 1. The first-order valence-corrected chi connectivity index (χ1v) is 25.7. The van der Waals surface area contributed by atoms with Crippen LogP contribution in [0.25, 0.3) is 36.5 Å². The quantitative estimate of drug-likeness (QED) is 0.0345. The molecule has 66 heavy (non-hydrogen) atoms. The lowest BCUT2D eigenvalue weighted by Gasteiger charge is -2.25. The van der Waals surface area contributed by atoms with Crippen molar-refractivity contribution in [3.63, 3.8) is 0 Å². The highest BCUT2D eigenvalue weighted by molar-refractivity contribution is 9.10. The Kier molecular flexibility index (Phi) is 22.0. The molecule has 0 saturated heterocycles. The summed E-state index contributed by atoms with van der Waals surface area (Å²) in [5, 5.41) is 0. The summed E-state index contributed by atoms with van der Waals surface area (Å²) < 4.78 is 13.4. The van der Waals surface area contributed by atoms with Crippen molar-refractivity contribution in [2.75, 3.05) is 18.1 Å². The number of nitrogens with zero attached hydrogens (tertiary/aromatic N) is 1. The molecule has 0 radical (unpaired) electrons. The van der Waals surface area contributed by atoms with Gasteiger partial charge in [0.05, 0.1) is 13.2 Å². The van der Waals surface area contributed by atoms with Gasteiger partial charge in [-0.25, -0.2) is 0 Å². The number of benzene rings is 6. The molecular formula is C62H72BrNO2. The Bertz CT molecular complexity index is 2270. The van der Waals surface area contributed by atoms with E-state index in [0.717, 1.165) is 92.5 Å². The van der Waals surface area contributed by atoms with Crippen LogP contribution in [0.5, 0.6) is 11.5 Å². The minimum Gasteiger partial charge on any atom is -0.494 e. The second-order valence-corrected chi connectivity index (χ2v) is 18.4. The maximum Gasteiger partial charge on any atom is 0.119 e. The van der Waals surface area contributed by atoms with Crippen LogP contribution in [0.3, 0.4) is 0 Å². The predicted molar refractivity (Wildman–Crippen MR) is 291 cm³/mol. The predicted octanol–water partition coefficient (Wildman–Crippen LogP) is 19.5. The first-order valence-electron chi connectivity index (χ1n) is 24.9. The van der Waals surface area contributed by atoms with Gasteiger partial charge in [-0.1, -0.05) is 211 Å². The van der Waals surface area contributed by atoms with Crippen molar-refractivity contribution >= 4 is 69.4 Å². The number of anilines is 3. The molecule has 0 spiro atoms. The van der Waals surface area contributed by atoms with E-state index in [1.165, 1.54) is 89.9 Å². The molecule has 6 rings (SSSR count). The van der Waals surface area contributed by atoms with Crippen LogP contribution < -0.4 is 14.4 Å². The molecule has 0 fully saturated rings. The van der Waals surface area contributed by atoms with Gasteiger partial charge in [0.1, 0.15) is 11.5 Å². The Morgan fingerprint density at radius 1 is 0.348 bits per heavy atom. The van der Waals surface area contributed by atoms with E-state index in [9.17, 15) is 0 Å². The van der Waals surface area contributed by atoms with Gasteiger partial charge < -0.3 is 14.4 Å². The summed E-state index contributed by atoms with van der Waals surface area (Å²) in [5.41, 5.74) is 10.1. The highest BCUT2D eigenvalue weighted by atomic mass is 79.9. The van der Waals surface area contributed by atoms with Crippen molar-refractivity contribution in [2.24, 2.45) is 0 Å². The Labute approximate surface area is 406 Å². The van der Waals surface area contributed by atoms with Crippen molar-refractivity contribution in [2.45, 2.75) is 117 Å². The topological polar surface area (TPSA) is 21.7 Å². The van der Waals surface area contributed by atoms with Gasteiger partial charge in [-0.05, 0) is 137 Å². The Hall–Kier alpha value is -5.58. The molecule has 0 N–H and O–H groups in total. The Morgan fingerprint density at radius 3 is 1.18 bits per heavy atom. The van der Waals surface area contributed by atoms with E-state index < -0.39 is 0 Å². The van der Waals surface area contributed by atoms with Crippen molar-refractivity contribution in [3.8, 4) is 11.5 Å². The lowest BCUT2D eigenvalue weighted by atomic mass is 10.0. The molecular weight excluding hydrogens is 871 g/mol. The van der Waals surface area contributed by atoms with E-state index in [2.05, 4.69) is 217 Å². The van der Waals surface area contributed by atoms with E-state index in [1.807, 2.05) is 0 Å². The molecule has 0 aliphatic rings. The summed E-state index contributed by atoms with van der Waals surface area (Å²) in [7, 11) is 0. The zero-order chi connectivity index (χ0) is 45.9. The number of unbranched alkanes of at least 4 members (excludes halogenated alkanes) is 14. The monoisotopic (exact) mass is 941 g/mol. The van der Waals surface area contributed by atoms with E-state index >= 15 is 0 Å². The minimum atomic E-state index is 0.764. The third kappa shape index (κ3) is 18.0. The van der Waals surface area contributed by atoms with Crippen LogP contribution in [0.15, 0.2) is 150 Å². The normalized spacial score (nSPS) is 11.6. The fourth-order valence-electron chi connectivity index (χ4n) is 8.19. The van der Waals surface area contributed by atoms with Gasteiger partial charge in [-0.2, -0.15) is 0 Å². The molecule has 0 aromatic heterocycles. The highest BCUT2D eigenvalue weighted by Crippen LogP contribution is 2.35. The molecule has 0 amide bonds. The zero-order valence-corrected chi connectivity index (χ0v) is 41.3. The van der Waals surface area contributed by atoms with E-state index in [0.29, 0.717) is 0 Å². The minimum absolute atomic E-state index is 0.764. The largest absolute Gasteiger partial charge is 0.494 e. The fourth-order valence-corrected chi connectivity index (χ4v) is 8.45. The summed E-state index contributed by atoms with van der Waals surface area (Å²) >= 11 is 3.60. The van der Waals surface area contributed by atoms with Gasteiger partial charge in [0.2, 0.25) is 0 Å². The zero-order valence-electron chi connectivity index (χ0n) is 39.7. The number of hydrogen-bond donors (Lipinski definition) is 0. The van der Waals surface area contributed by atoms with E-state index in [1.54, 1.807) is 0 Å². The smallest absolute Gasteiger partial charge is 0.119 e. The van der Waals surface area contributed by atoms with Crippen LogP contribution in [0.1, 0.15) is 150 Å². The van der Waals surface area contributed by atoms with Crippen molar-refractivity contribution in [1.82, 2.24) is 0 Å². The molecule has 0 bridgehead atoms. The molecule has 344 valence electrons. The van der Waals surface area contributed by atoms with Crippen LogP contribution >= 0.6 is 15.9 Å². The van der Waals surface area contributed by atoms with Crippen molar-refractivity contribution in [1.29, 1.82) is 0 Å². The van der Waals surface area contributed by atoms with E-state index in [-0.39, 0.29) is 0 Å². The van der Waals surface area contributed by atoms with Crippen LogP contribution in [0, 0.1) is 0 Å². The second kappa shape index (κ2) is 29.1. The number of rotatable bonds is 29. The van der Waals surface area contributed by atoms with Gasteiger partial charge in [-0.15, -0.1) is 0 Å². The molecule has 4 heteroatoms. The highest BCUT2D eigenvalue weighted by Gasteiger charge is 2.12. The summed E-state index contributed by atoms with van der Waals surface area (Å²) in [5.74, 6) is 1.86. The van der Waals surface area contributed by atoms with Gasteiger partial charge >= 0.3 is 0 Å². The maximum absolute atomic E-state index is 6.19. The number of halogens is 1. The number of hydrogen-bond acceptors (Lipinski definition) is 3. The molecule has 0 unspecified atom stereocenters. The standard InChI is InChI=1S/C62H72BrNO2/c1-3-5-7-9-11-13-15-20-44-65-61-28-22-24-52(49-61)31-34-55-46-54(47-56(48-55)35-32-53-25-23-29-62(50-53)66-45-21-16-14-12-10-8-6-4-2)33-30-51-36-40-59(41-37-51)64(58-26-18-17-19-27-58)60-42-38-57(63)39-43-60/h17-19,22-43,46-50H,3-16,20-21,44-45H2,1-2H3/b33-30+,34-31+,35-32+.